The van der Waals surface area contributed by atoms with Gasteiger partial charge < -0.3 is 25.8 Å². The summed E-state index contributed by atoms with van der Waals surface area (Å²) >= 11 is 0. The van der Waals surface area contributed by atoms with Gasteiger partial charge in [0.05, 0.1) is 5.39 Å². The Labute approximate surface area is 162 Å². The number of aromatic nitrogens is 2. The highest BCUT2D eigenvalue weighted by atomic mass is 19.1. The molecule has 0 atom stereocenters. The van der Waals surface area contributed by atoms with E-state index >= 15 is 4.39 Å². The third-order valence-electron chi connectivity index (χ3n) is 5.35. The molecule has 1 saturated carbocycles. The zero-order valence-electron chi connectivity index (χ0n) is 15.2. The quantitative estimate of drug-likeness (QED) is 0.630. The maximum atomic E-state index is 15.1. The van der Waals surface area contributed by atoms with E-state index in [1.54, 1.807) is 4.57 Å². The van der Waals surface area contributed by atoms with Crippen molar-refractivity contribution >= 4 is 33.6 Å². The number of halogens is 2. The van der Waals surface area contributed by atoms with E-state index in [2.05, 4.69) is 4.98 Å². The largest absolute Gasteiger partial charge is 0.477 e. The number of pyridine rings is 2. The second-order valence-corrected chi connectivity index (χ2v) is 7.43. The second kappa shape index (κ2) is 6.46. The molecule has 5 N–H and O–H groups in total. The van der Waals surface area contributed by atoms with Crippen LogP contribution in [0.4, 0.5) is 14.5 Å². The Kier molecular flexibility index (Phi) is 4.28. The van der Waals surface area contributed by atoms with Crippen molar-refractivity contribution in [3.05, 3.63) is 45.8 Å². The summed E-state index contributed by atoms with van der Waals surface area (Å²) in [5.41, 5.74) is 4.60. The van der Waals surface area contributed by atoms with Crippen molar-refractivity contribution in [2.24, 2.45) is 5.73 Å². The zero-order chi connectivity index (χ0) is 19.7. The van der Waals surface area contributed by atoms with Gasteiger partial charge in [0.25, 0.3) is 0 Å². The molecule has 0 amide bonds. The first-order valence-electron chi connectivity index (χ1n) is 8.96. The van der Waals surface area contributed by atoms with Gasteiger partial charge in [-0.1, -0.05) is 0 Å². The fourth-order valence-corrected chi connectivity index (χ4v) is 3.76. The summed E-state index contributed by atoms with van der Waals surface area (Å²) in [5.74, 6) is -2.92. The number of benzene rings is 1. The molecule has 2 aromatic heterocycles. The number of carboxylic acids is 1. The van der Waals surface area contributed by atoms with E-state index < -0.39 is 23.0 Å². The predicted octanol–water partition coefficient (Wildman–Crippen LogP) is 1.18. The zero-order valence-corrected chi connectivity index (χ0v) is 15.2. The van der Waals surface area contributed by atoms with Crippen LogP contribution in [0.3, 0.4) is 0 Å². The van der Waals surface area contributed by atoms with Crippen molar-refractivity contribution in [3.63, 3.8) is 0 Å². The molecule has 2 fully saturated rings. The monoisotopic (exact) mass is 404 g/mol. The summed E-state index contributed by atoms with van der Waals surface area (Å²) < 4.78 is 31.3. The first kappa shape index (κ1) is 19.2. The van der Waals surface area contributed by atoms with Crippen LogP contribution in [0.15, 0.2) is 23.1 Å². The molecule has 2 aliphatic rings. The molecule has 0 bridgehead atoms. The molecule has 1 aliphatic carbocycles. The molecule has 3 heterocycles. The molecular formula is C19H18F2N4O4. The molecule has 152 valence electrons. The van der Waals surface area contributed by atoms with Gasteiger partial charge in [0, 0.05) is 36.8 Å². The van der Waals surface area contributed by atoms with E-state index in [-0.39, 0.29) is 50.7 Å². The molecular weight excluding hydrogens is 386 g/mol. The van der Waals surface area contributed by atoms with Crippen molar-refractivity contribution in [1.29, 1.82) is 0 Å². The van der Waals surface area contributed by atoms with E-state index in [1.807, 2.05) is 0 Å². The summed E-state index contributed by atoms with van der Waals surface area (Å²) in [6.07, 6.45) is 2.90. The minimum absolute atomic E-state index is 0. The van der Waals surface area contributed by atoms with E-state index in [4.69, 9.17) is 5.73 Å². The fourth-order valence-electron chi connectivity index (χ4n) is 3.76. The second-order valence-electron chi connectivity index (χ2n) is 7.43. The Hall–Kier alpha value is -3.11. The lowest BCUT2D eigenvalue weighted by Gasteiger charge is -2.39. The molecule has 5 rings (SSSR count). The van der Waals surface area contributed by atoms with E-state index in [1.165, 1.54) is 17.2 Å². The summed E-state index contributed by atoms with van der Waals surface area (Å²) in [6, 6.07) is 2.33. The van der Waals surface area contributed by atoms with Gasteiger partial charge >= 0.3 is 5.97 Å². The Morgan fingerprint density at radius 2 is 1.93 bits per heavy atom. The van der Waals surface area contributed by atoms with E-state index in [9.17, 15) is 19.1 Å². The number of carbonyl (C=O) groups is 1. The molecule has 1 aliphatic heterocycles. The van der Waals surface area contributed by atoms with Crippen molar-refractivity contribution < 1.29 is 24.2 Å². The minimum atomic E-state index is -1.34. The standard InChI is InChI=1S/C19H16F2N4O3.H2O/c20-13-4-8-3-11-17(26)12(19(27)28)7-25(10-1-2-10)18(11)23-15(8)14(21)16(13)24-5-9(22)6-24;/h3-4,7,9-10H,1-2,5-6,22H2,(H,27,28);1H2. The van der Waals surface area contributed by atoms with Gasteiger partial charge in [0.1, 0.15) is 28.2 Å². The summed E-state index contributed by atoms with van der Waals surface area (Å²) in [4.78, 5) is 29.9. The van der Waals surface area contributed by atoms with Crippen molar-refractivity contribution in [2.75, 3.05) is 18.0 Å². The predicted molar refractivity (Wildman–Crippen MR) is 102 cm³/mol. The number of anilines is 1. The number of fused-ring (bicyclic) bond motifs is 2. The molecule has 3 aromatic rings. The van der Waals surface area contributed by atoms with Gasteiger partial charge in [-0.25, -0.2) is 18.6 Å². The van der Waals surface area contributed by atoms with Crippen LogP contribution in [0.1, 0.15) is 29.2 Å². The Morgan fingerprint density at radius 1 is 1.24 bits per heavy atom. The fraction of sp³-hybridized carbons (Fsp3) is 0.316. The van der Waals surface area contributed by atoms with Crippen LogP contribution in [-0.4, -0.2) is 45.2 Å². The first-order valence-corrected chi connectivity index (χ1v) is 8.96. The van der Waals surface area contributed by atoms with Crippen LogP contribution in [0.5, 0.6) is 0 Å². The van der Waals surface area contributed by atoms with Gasteiger partial charge in [0.15, 0.2) is 5.82 Å². The maximum absolute atomic E-state index is 15.1. The molecule has 1 aromatic carbocycles. The average molecular weight is 404 g/mol. The topological polar surface area (TPSA) is 133 Å². The number of rotatable bonds is 3. The normalized spacial score (nSPS) is 16.7. The van der Waals surface area contributed by atoms with Gasteiger partial charge in [-0.3, -0.25) is 4.79 Å². The van der Waals surface area contributed by atoms with Crippen LogP contribution in [0.25, 0.3) is 21.9 Å². The van der Waals surface area contributed by atoms with Crippen LogP contribution < -0.4 is 16.1 Å². The first-order chi connectivity index (χ1) is 13.3. The molecule has 1 saturated heterocycles. The Morgan fingerprint density at radius 3 is 2.52 bits per heavy atom. The Bertz CT molecular complexity index is 1230. The van der Waals surface area contributed by atoms with Crippen molar-refractivity contribution in [2.45, 2.75) is 24.9 Å². The third kappa shape index (κ3) is 2.83. The number of aromatic carboxylic acids is 1. The van der Waals surface area contributed by atoms with E-state index in [0.717, 1.165) is 18.9 Å². The number of hydrogen-bond acceptors (Lipinski definition) is 5. The van der Waals surface area contributed by atoms with Gasteiger partial charge in [-0.15, -0.1) is 0 Å². The highest BCUT2D eigenvalue weighted by Gasteiger charge is 2.31. The SMILES string of the molecule is NC1CN(c2c(F)cc3cc4c(=O)c(C(=O)O)cn(C5CC5)c4nc3c2F)C1.O. The molecule has 10 heteroatoms. The van der Waals surface area contributed by atoms with Crippen molar-refractivity contribution in [3.8, 4) is 0 Å². The number of nitrogens with zero attached hydrogens (tertiary/aromatic N) is 3. The lowest BCUT2D eigenvalue weighted by molar-refractivity contribution is 0.0695. The van der Waals surface area contributed by atoms with Crippen LogP contribution in [0, 0.1) is 11.6 Å². The van der Waals surface area contributed by atoms with E-state index in [0.29, 0.717) is 13.1 Å². The Balaban J connectivity index is 0.00000205. The van der Waals surface area contributed by atoms with Crippen LogP contribution in [0.2, 0.25) is 0 Å². The lowest BCUT2D eigenvalue weighted by Crippen LogP contribution is -2.56. The minimum Gasteiger partial charge on any atom is -0.477 e. The summed E-state index contributed by atoms with van der Waals surface area (Å²) in [7, 11) is 0. The molecule has 0 unspecified atom stereocenters. The average Bonchev–Trinajstić information content (AvgIpc) is 3.44. The van der Waals surface area contributed by atoms with Gasteiger partial charge in [0.2, 0.25) is 5.43 Å². The molecule has 0 radical (unpaired) electrons. The summed E-state index contributed by atoms with van der Waals surface area (Å²) in [6.45, 7) is 0.698. The number of hydrogen-bond donors (Lipinski definition) is 2. The van der Waals surface area contributed by atoms with Crippen LogP contribution >= 0.6 is 0 Å². The third-order valence-corrected chi connectivity index (χ3v) is 5.35. The van der Waals surface area contributed by atoms with Gasteiger partial charge in [-0.2, -0.15) is 0 Å². The highest BCUT2D eigenvalue weighted by molar-refractivity contribution is 5.97. The summed E-state index contributed by atoms with van der Waals surface area (Å²) in [5, 5.41) is 9.48. The van der Waals surface area contributed by atoms with Crippen molar-refractivity contribution in [1.82, 2.24) is 9.55 Å². The number of nitrogens with two attached hydrogens (primary N) is 1. The van der Waals surface area contributed by atoms with Crippen LogP contribution in [-0.2, 0) is 0 Å². The smallest absolute Gasteiger partial charge is 0.341 e. The molecule has 0 spiro atoms. The number of carboxylic acid groups (broad SMARTS) is 1. The molecule has 29 heavy (non-hydrogen) atoms. The molecule has 8 nitrogen and oxygen atoms in total. The highest BCUT2D eigenvalue weighted by Crippen LogP contribution is 2.38. The lowest BCUT2D eigenvalue weighted by atomic mass is 10.1. The maximum Gasteiger partial charge on any atom is 0.341 e. The van der Waals surface area contributed by atoms with Gasteiger partial charge in [-0.05, 0) is 25.0 Å².